The number of ether oxygens (including phenoxy) is 1. The molecule has 0 aliphatic rings. The Morgan fingerprint density at radius 2 is 1.92 bits per heavy atom. The summed E-state index contributed by atoms with van der Waals surface area (Å²) in [5.74, 6) is 0.753. The van der Waals surface area contributed by atoms with E-state index in [0.717, 1.165) is 17.0 Å². The highest BCUT2D eigenvalue weighted by Gasteiger charge is 2.20. The van der Waals surface area contributed by atoms with Crippen LogP contribution in [-0.4, -0.2) is 29.5 Å². The number of carbonyl (C=O) groups is 1. The fourth-order valence-corrected chi connectivity index (χ4v) is 2.73. The van der Waals surface area contributed by atoms with Gasteiger partial charge < -0.3 is 14.2 Å². The number of hydrogen-bond acceptors (Lipinski definition) is 3. The maximum absolute atomic E-state index is 12.5. The molecule has 0 saturated carbocycles. The molecule has 0 aliphatic carbocycles. The molecule has 0 aliphatic heterocycles. The predicted molar refractivity (Wildman–Crippen MR) is 94.2 cm³/mol. The minimum Gasteiger partial charge on any atom is -0.496 e. The van der Waals surface area contributed by atoms with E-state index < -0.39 is 0 Å². The fraction of sp³-hybridized carbons (Fsp3) is 0.368. The molecule has 0 spiro atoms. The summed E-state index contributed by atoms with van der Waals surface area (Å²) in [6, 6.07) is 12.7. The normalized spacial score (nSPS) is 11.8. The van der Waals surface area contributed by atoms with Crippen LogP contribution in [0.25, 0.3) is 0 Å². The van der Waals surface area contributed by atoms with E-state index in [1.807, 2.05) is 44.2 Å². The first-order valence-electron chi connectivity index (χ1n) is 8.00. The van der Waals surface area contributed by atoms with Crippen LogP contribution in [0.1, 0.15) is 30.6 Å². The number of aromatic nitrogens is 1. The number of amides is 1. The van der Waals surface area contributed by atoms with Crippen molar-refractivity contribution in [3.63, 3.8) is 0 Å². The summed E-state index contributed by atoms with van der Waals surface area (Å²) in [7, 11) is 3.40. The van der Waals surface area contributed by atoms with Crippen molar-refractivity contribution >= 4 is 5.91 Å². The number of hydrogen-bond donors (Lipinski definition) is 0. The van der Waals surface area contributed by atoms with Crippen LogP contribution in [0.5, 0.6) is 5.75 Å². The molecule has 2 rings (SSSR count). The molecule has 0 bridgehead atoms. The summed E-state index contributed by atoms with van der Waals surface area (Å²) in [5.41, 5.74) is 1.74. The van der Waals surface area contributed by atoms with Crippen LogP contribution in [-0.2, 0) is 11.3 Å². The van der Waals surface area contributed by atoms with Crippen molar-refractivity contribution in [1.29, 1.82) is 0 Å². The van der Waals surface area contributed by atoms with Gasteiger partial charge in [-0.3, -0.25) is 9.59 Å². The Kier molecular flexibility index (Phi) is 5.79. The summed E-state index contributed by atoms with van der Waals surface area (Å²) in [6.07, 6.45) is 0.279. The Bertz CT molecular complexity index is 767. The molecule has 5 heteroatoms. The quantitative estimate of drug-likeness (QED) is 0.819. The number of aryl methyl sites for hydroxylation is 1. The van der Waals surface area contributed by atoms with E-state index >= 15 is 0 Å². The summed E-state index contributed by atoms with van der Waals surface area (Å²) >= 11 is 0. The average Bonchev–Trinajstić information content (AvgIpc) is 2.59. The molecule has 0 saturated heterocycles. The van der Waals surface area contributed by atoms with Crippen LogP contribution in [0.4, 0.5) is 0 Å². The number of rotatable bonds is 6. The molecule has 1 aromatic carbocycles. The fourth-order valence-electron chi connectivity index (χ4n) is 2.73. The standard InChI is InChI=1S/C19H24N2O3/c1-14-8-7-11-19(23)21(14)13-12-18(22)20(3)15(2)16-9-5-6-10-17(16)24-4/h5-11,15H,12-13H2,1-4H3/t15-/m1/s1. The van der Waals surface area contributed by atoms with E-state index in [-0.39, 0.29) is 23.9 Å². The lowest BCUT2D eigenvalue weighted by molar-refractivity contribution is -0.132. The summed E-state index contributed by atoms with van der Waals surface area (Å²) in [5, 5.41) is 0. The molecule has 0 unspecified atom stereocenters. The van der Waals surface area contributed by atoms with Gasteiger partial charge in [-0.05, 0) is 26.0 Å². The molecule has 1 heterocycles. The van der Waals surface area contributed by atoms with Gasteiger partial charge >= 0.3 is 0 Å². The second kappa shape index (κ2) is 7.81. The van der Waals surface area contributed by atoms with Crippen molar-refractivity contribution < 1.29 is 9.53 Å². The van der Waals surface area contributed by atoms with E-state index in [1.165, 1.54) is 6.07 Å². The van der Waals surface area contributed by atoms with Crippen LogP contribution >= 0.6 is 0 Å². The summed E-state index contributed by atoms with van der Waals surface area (Å²) in [6.45, 7) is 4.22. The SMILES string of the molecule is COc1ccccc1[C@@H](C)N(C)C(=O)CCn1c(C)cccc1=O. The van der Waals surface area contributed by atoms with Crippen molar-refractivity contribution in [3.8, 4) is 5.75 Å². The molecule has 0 radical (unpaired) electrons. The Labute approximate surface area is 142 Å². The zero-order chi connectivity index (χ0) is 17.7. The van der Waals surface area contributed by atoms with E-state index in [9.17, 15) is 9.59 Å². The number of carbonyl (C=O) groups excluding carboxylic acids is 1. The van der Waals surface area contributed by atoms with Crippen molar-refractivity contribution in [2.24, 2.45) is 0 Å². The number of methoxy groups -OCH3 is 1. The van der Waals surface area contributed by atoms with Crippen molar-refractivity contribution in [2.75, 3.05) is 14.2 Å². The Hall–Kier alpha value is -2.56. The zero-order valence-electron chi connectivity index (χ0n) is 14.7. The second-order valence-electron chi connectivity index (χ2n) is 5.83. The van der Waals surface area contributed by atoms with Gasteiger partial charge in [0.05, 0.1) is 13.2 Å². The van der Waals surface area contributed by atoms with E-state index in [1.54, 1.807) is 29.7 Å². The molecule has 1 atom stereocenters. The first-order chi connectivity index (χ1) is 11.5. The van der Waals surface area contributed by atoms with Gasteiger partial charge in [0.2, 0.25) is 5.91 Å². The Balaban J connectivity index is 2.08. The van der Waals surface area contributed by atoms with Gasteiger partial charge in [-0.2, -0.15) is 0 Å². The largest absolute Gasteiger partial charge is 0.496 e. The minimum atomic E-state index is -0.109. The Morgan fingerprint density at radius 3 is 2.58 bits per heavy atom. The van der Waals surface area contributed by atoms with Gasteiger partial charge in [0.15, 0.2) is 0 Å². The molecule has 0 fully saturated rings. The van der Waals surface area contributed by atoms with Gasteiger partial charge in [-0.15, -0.1) is 0 Å². The van der Waals surface area contributed by atoms with Crippen molar-refractivity contribution in [3.05, 3.63) is 64.1 Å². The lowest BCUT2D eigenvalue weighted by Crippen LogP contribution is -2.32. The first-order valence-corrected chi connectivity index (χ1v) is 8.00. The van der Waals surface area contributed by atoms with Crippen LogP contribution in [0.3, 0.4) is 0 Å². The molecule has 0 N–H and O–H groups in total. The van der Waals surface area contributed by atoms with Gasteiger partial charge in [-0.25, -0.2) is 0 Å². The lowest BCUT2D eigenvalue weighted by Gasteiger charge is -2.27. The van der Waals surface area contributed by atoms with Crippen molar-refractivity contribution in [2.45, 2.75) is 32.9 Å². The molecule has 2 aromatic rings. The molecule has 128 valence electrons. The number of para-hydroxylation sites is 1. The lowest BCUT2D eigenvalue weighted by atomic mass is 10.1. The monoisotopic (exact) mass is 328 g/mol. The van der Waals surface area contributed by atoms with Crippen LogP contribution in [0.15, 0.2) is 47.3 Å². The minimum absolute atomic E-state index is 0.0106. The molecule has 1 amide bonds. The number of nitrogens with zero attached hydrogens (tertiary/aromatic N) is 2. The molecule has 5 nitrogen and oxygen atoms in total. The molecule has 1 aromatic heterocycles. The van der Waals surface area contributed by atoms with Gasteiger partial charge in [-0.1, -0.05) is 24.3 Å². The number of pyridine rings is 1. The third-order valence-corrected chi connectivity index (χ3v) is 4.38. The highest BCUT2D eigenvalue weighted by atomic mass is 16.5. The van der Waals surface area contributed by atoms with E-state index in [0.29, 0.717) is 6.54 Å². The maximum atomic E-state index is 12.5. The van der Waals surface area contributed by atoms with Gasteiger partial charge in [0.1, 0.15) is 5.75 Å². The van der Waals surface area contributed by atoms with E-state index in [2.05, 4.69) is 0 Å². The summed E-state index contributed by atoms with van der Waals surface area (Å²) in [4.78, 5) is 26.1. The van der Waals surface area contributed by atoms with Crippen LogP contribution in [0, 0.1) is 6.92 Å². The highest BCUT2D eigenvalue weighted by molar-refractivity contribution is 5.76. The highest BCUT2D eigenvalue weighted by Crippen LogP contribution is 2.28. The van der Waals surface area contributed by atoms with E-state index in [4.69, 9.17) is 4.74 Å². The molecular formula is C19H24N2O3. The average molecular weight is 328 g/mol. The first kappa shape index (κ1) is 17.8. The van der Waals surface area contributed by atoms with Crippen molar-refractivity contribution in [1.82, 2.24) is 9.47 Å². The zero-order valence-corrected chi connectivity index (χ0v) is 14.7. The molecule has 24 heavy (non-hydrogen) atoms. The third kappa shape index (κ3) is 3.85. The third-order valence-electron chi connectivity index (χ3n) is 4.38. The second-order valence-corrected chi connectivity index (χ2v) is 5.83. The van der Waals surface area contributed by atoms with Crippen LogP contribution < -0.4 is 10.3 Å². The smallest absolute Gasteiger partial charge is 0.250 e. The summed E-state index contributed by atoms with van der Waals surface area (Å²) < 4.78 is 7.00. The number of benzene rings is 1. The maximum Gasteiger partial charge on any atom is 0.250 e. The van der Waals surface area contributed by atoms with Gasteiger partial charge in [0.25, 0.3) is 5.56 Å². The molecular weight excluding hydrogens is 304 g/mol. The topological polar surface area (TPSA) is 51.5 Å². The van der Waals surface area contributed by atoms with Gasteiger partial charge in [0, 0.05) is 37.3 Å². The van der Waals surface area contributed by atoms with Crippen LogP contribution in [0.2, 0.25) is 0 Å². The predicted octanol–water partition coefficient (Wildman–Crippen LogP) is 2.78. The Morgan fingerprint density at radius 1 is 1.21 bits per heavy atom.